The second kappa shape index (κ2) is 13.4. The van der Waals surface area contributed by atoms with Gasteiger partial charge in [0.2, 0.25) is 11.0 Å². The van der Waals surface area contributed by atoms with E-state index in [0.29, 0.717) is 30.6 Å². The van der Waals surface area contributed by atoms with E-state index < -0.39 is 57.0 Å². The molecule has 0 bridgehead atoms. The predicted octanol–water partition coefficient (Wildman–Crippen LogP) is 3.38. The highest BCUT2D eigenvalue weighted by Gasteiger charge is 2.44. The van der Waals surface area contributed by atoms with E-state index >= 15 is 0 Å². The van der Waals surface area contributed by atoms with Crippen LogP contribution in [0.15, 0.2) is 8.74 Å². The maximum absolute atomic E-state index is 13.3. The van der Waals surface area contributed by atoms with Gasteiger partial charge in [0.15, 0.2) is 6.10 Å². The summed E-state index contributed by atoms with van der Waals surface area (Å²) < 4.78 is 45.3. The van der Waals surface area contributed by atoms with Gasteiger partial charge in [-0.05, 0) is 40.0 Å². The zero-order chi connectivity index (χ0) is 28.6. The minimum Gasteiger partial charge on any atom is -0.458 e. The van der Waals surface area contributed by atoms with Crippen molar-refractivity contribution in [2.24, 2.45) is 16.2 Å². The highest BCUT2D eigenvalue weighted by atomic mass is 32.2. The Kier molecular flexibility index (Phi) is 11.8. The summed E-state index contributed by atoms with van der Waals surface area (Å²) >= 11 is 0.675. The molecule has 1 N–H and O–H groups in total. The minimum absolute atomic E-state index is 0.0354. The molecule has 0 radical (unpaired) electrons. The molecule has 0 spiro atoms. The van der Waals surface area contributed by atoms with Crippen molar-refractivity contribution in [3.05, 3.63) is 0 Å². The van der Waals surface area contributed by atoms with E-state index in [4.69, 9.17) is 14.2 Å². The van der Waals surface area contributed by atoms with Crippen molar-refractivity contribution in [3.63, 3.8) is 0 Å². The van der Waals surface area contributed by atoms with E-state index in [1.165, 1.54) is 20.2 Å². The Hall–Kier alpha value is -2.45. The summed E-state index contributed by atoms with van der Waals surface area (Å²) in [7, 11) is -2.80. The molecule has 1 aromatic heterocycles. The molecule has 12 nitrogen and oxygen atoms in total. The van der Waals surface area contributed by atoms with Crippen molar-refractivity contribution in [1.82, 2.24) is 10.2 Å². The summed E-state index contributed by atoms with van der Waals surface area (Å²) in [4.78, 5) is 36.7. The van der Waals surface area contributed by atoms with Crippen molar-refractivity contribution >= 4 is 50.6 Å². The number of anilines is 1. The Bertz CT molecular complexity index is 1080. The van der Waals surface area contributed by atoms with Crippen molar-refractivity contribution in [2.75, 3.05) is 12.4 Å². The van der Waals surface area contributed by atoms with Crippen molar-refractivity contribution < 1.29 is 37.0 Å². The first kappa shape index (κ1) is 32.6. The number of sulfonamides is 1. The molecule has 37 heavy (non-hydrogen) atoms. The lowest BCUT2D eigenvalue weighted by Crippen LogP contribution is -2.48. The molecule has 1 amide bonds. The molecule has 14 heteroatoms. The fourth-order valence-corrected chi connectivity index (χ4v) is 5.30. The van der Waals surface area contributed by atoms with Crippen LogP contribution >= 0.6 is 11.3 Å². The lowest BCUT2D eigenvalue weighted by atomic mass is 9.83. The molecule has 0 aromatic carbocycles. The van der Waals surface area contributed by atoms with E-state index in [1.54, 1.807) is 34.6 Å². The van der Waals surface area contributed by atoms with Crippen LogP contribution in [0, 0.1) is 11.8 Å². The van der Waals surface area contributed by atoms with Crippen LogP contribution in [0.3, 0.4) is 0 Å². The van der Waals surface area contributed by atoms with Crippen molar-refractivity contribution in [3.8, 4) is 0 Å². The maximum Gasteiger partial charge on any atom is 0.335 e. The van der Waals surface area contributed by atoms with Gasteiger partial charge in [-0.1, -0.05) is 39.0 Å². The second-order valence-corrected chi connectivity index (χ2v) is 11.7. The second-order valence-electron chi connectivity index (χ2n) is 8.95. The predicted molar refractivity (Wildman–Crippen MR) is 139 cm³/mol. The largest absolute Gasteiger partial charge is 0.458 e. The van der Waals surface area contributed by atoms with E-state index in [-0.39, 0.29) is 9.47 Å². The number of rotatable bonds is 14. The van der Waals surface area contributed by atoms with Gasteiger partial charge in [-0.25, -0.2) is 4.79 Å². The van der Waals surface area contributed by atoms with Gasteiger partial charge in [0.05, 0.1) is 5.92 Å². The molecule has 0 saturated carbocycles. The number of methoxy groups -OCH3 is 1. The number of ether oxygens (including phenoxy) is 3. The molecule has 210 valence electrons. The van der Waals surface area contributed by atoms with E-state index in [1.807, 2.05) is 13.8 Å². The summed E-state index contributed by atoms with van der Waals surface area (Å²) in [6.45, 7) is 13.2. The molecule has 1 aromatic rings. The van der Waals surface area contributed by atoms with Crippen LogP contribution < -0.4 is 5.32 Å². The number of carbonyl (C=O) groups is 3. The van der Waals surface area contributed by atoms with Gasteiger partial charge in [-0.15, -0.1) is 10.2 Å². The molecule has 4 unspecified atom stereocenters. The molecule has 1 heterocycles. The number of carbonyl (C=O) groups excluding carboxylic acids is 3. The lowest BCUT2D eigenvalue weighted by molar-refractivity contribution is -0.189. The third kappa shape index (κ3) is 8.27. The van der Waals surface area contributed by atoms with Crippen molar-refractivity contribution in [1.29, 1.82) is 0 Å². The highest BCUT2D eigenvalue weighted by molar-refractivity contribution is 7.92. The number of hydrogen-bond acceptors (Lipinski definition) is 11. The van der Waals surface area contributed by atoms with Crippen LogP contribution in [0.2, 0.25) is 0 Å². The Morgan fingerprint density at radius 2 is 1.65 bits per heavy atom. The van der Waals surface area contributed by atoms with Gasteiger partial charge >= 0.3 is 22.0 Å². The van der Waals surface area contributed by atoms with Crippen LogP contribution in [0.4, 0.5) is 5.13 Å². The molecule has 0 saturated heterocycles. The molecule has 4 atom stereocenters. The summed E-state index contributed by atoms with van der Waals surface area (Å²) in [5.41, 5.74) is -2.20. The number of nitrogens with zero attached hydrogens (tertiary/aromatic N) is 3. The Morgan fingerprint density at radius 3 is 2.14 bits per heavy atom. The molecule has 0 aliphatic carbocycles. The number of nitrogens with one attached hydrogen (secondary N) is 1. The SMILES string of the molecule is CCC(C)(OC(=O)C(C)OC)C(C)C(=O)OC(CC)(CC)C(C)C=NS(=O)(=O)c1nnc(NC(C)=O)s1. The average Bonchev–Trinajstić information content (AvgIpc) is 3.33. The highest BCUT2D eigenvalue weighted by Crippen LogP contribution is 2.34. The monoisotopic (exact) mass is 562 g/mol. The van der Waals surface area contributed by atoms with Crippen LogP contribution in [0.5, 0.6) is 0 Å². The summed E-state index contributed by atoms with van der Waals surface area (Å²) in [5.74, 6) is -3.00. The van der Waals surface area contributed by atoms with Crippen LogP contribution in [-0.2, 0) is 38.6 Å². The van der Waals surface area contributed by atoms with E-state index in [0.717, 1.165) is 0 Å². The standard InChI is InChI=1S/C23H38N4O8S2/c1-10-22(8,34-19(30)16(6)33-9)15(5)18(29)35-23(11-2,12-3)14(4)13-24-37(31,32)21-27-26-20(36-21)25-17(7)28/h13-16H,10-12H2,1-9H3,(H,25,26,28). The van der Waals surface area contributed by atoms with Gasteiger partial charge in [0, 0.05) is 26.2 Å². The third-order valence-corrected chi connectivity index (χ3v) is 9.09. The lowest BCUT2D eigenvalue weighted by Gasteiger charge is -2.39. The maximum atomic E-state index is 13.3. The van der Waals surface area contributed by atoms with Crippen LogP contribution in [0.1, 0.15) is 74.7 Å². The van der Waals surface area contributed by atoms with Crippen molar-refractivity contribution in [2.45, 2.75) is 96.3 Å². The molecule has 0 fully saturated rings. The summed E-state index contributed by atoms with van der Waals surface area (Å²) in [5, 5.41) is 9.62. The molecular formula is C23H38N4O8S2. The molecule has 0 aliphatic rings. The number of esters is 2. The van der Waals surface area contributed by atoms with E-state index in [9.17, 15) is 22.8 Å². The fraction of sp³-hybridized carbons (Fsp3) is 0.739. The zero-order valence-corrected chi connectivity index (χ0v) is 24.5. The Morgan fingerprint density at radius 1 is 1.05 bits per heavy atom. The van der Waals surface area contributed by atoms with Gasteiger partial charge in [0.25, 0.3) is 4.34 Å². The van der Waals surface area contributed by atoms with Gasteiger partial charge in [-0.2, -0.15) is 12.8 Å². The number of amides is 1. The van der Waals surface area contributed by atoms with Gasteiger partial charge in [0.1, 0.15) is 11.2 Å². The normalized spacial score (nSPS) is 16.5. The first-order chi connectivity index (χ1) is 17.1. The zero-order valence-electron chi connectivity index (χ0n) is 22.9. The Balaban J connectivity index is 3.13. The molecule has 1 rings (SSSR count). The summed E-state index contributed by atoms with van der Waals surface area (Å²) in [6.07, 6.45) is 1.53. The molecular weight excluding hydrogens is 524 g/mol. The topological polar surface area (TPSA) is 163 Å². The fourth-order valence-electron chi connectivity index (χ4n) is 3.41. The third-order valence-electron chi connectivity index (χ3n) is 6.65. The average molecular weight is 563 g/mol. The first-order valence-electron chi connectivity index (χ1n) is 12.0. The first-order valence-corrected chi connectivity index (χ1v) is 14.3. The smallest absolute Gasteiger partial charge is 0.335 e. The van der Waals surface area contributed by atoms with Crippen LogP contribution in [0.25, 0.3) is 0 Å². The Labute approximate surface area is 222 Å². The molecule has 0 aliphatic heterocycles. The number of aromatic nitrogens is 2. The number of hydrogen-bond donors (Lipinski definition) is 1. The summed E-state index contributed by atoms with van der Waals surface area (Å²) in [6, 6.07) is 0. The minimum atomic E-state index is -4.19. The van der Waals surface area contributed by atoms with Gasteiger partial charge in [-0.3, -0.25) is 9.59 Å². The quantitative estimate of drug-likeness (QED) is 0.202. The van der Waals surface area contributed by atoms with Crippen LogP contribution in [-0.4, -0.2) is 67.1 Å². The van der Waals surface area contributed by atoms with Gasteiger partial charge < -0.3 is 19.5 Å². The van der Waals surface area contributed by atoms with E-state index in [2.05, 4.69) is 19.9 Å².